The first kappa shape index (κ1) is 16.5. The minimum absolute atomic E-state index is 0.0894. The number of aromatic nitrogens is 2. The third-order valence-electron chi connectivity index (χ3n) is 4.36. The molecule has 1 atom stereocenters. The summed E-state index contributed by atoms with van der Waals surface area (Å²) in [6, 6.07) is 2.34. The highest BCUT2D eigenvalue weighted by atomic mass is 35.5. The van der Waals surface area contributed by atoms with Crippen molar-refractivity contribution in [3.63, 3.8) is 0 Å². The maximum absolute atomic E-state index is 6.18. The average molecular weight is 310 g/mol. The van der Waals surface area contributed by atoms with Gasteiger partial charge in [-0.05, 0) is 25.2 Å². The Hall–Kier alpha value is -0.830. The fourth-order valence-electron chi connectivity index (χ4n) is 3.11. The zero-order valence-electron chi connectivity index (χ0n) is 13.7. The average Bonchev–Trinajstić information content (AvgIpc) is 2.44. The fraction of sp³-hybridized carbons (Fsp3) is 0.765. The van der Waals surface area contributed by atoms with Crippen LogP contribution in [0.5, 0.6) is 0 Å². The van der Waals surface area contributed by atoms with E-state index in [4.69, 9.17) is 11.6 Å². The van der Waals surface area contributed by atoms with E-state index in [2.05, 4.69) is 43.0 Å². The van der Waals surface area contributed by atoms with Crippen LogP contribution in [0.25, 0.3) is 0 Å². The summed E-state index contributed by atoms with van der Waals surface area (Å²) in [6.07, 6.45) is 7.89. The van der Waals surface area contributed by atoms with Crippen molar-refractivity contribution < 1.29 is 0 Å². The van der Waals surface area contributed by atoms with E-state index in [1.54, 1.807) is 0 Å². The van der Waals surface area contributed by atoms with Crippen LogP contribution in [0, 0.1) is 5.92 Å². The quantitative estimate of drug-likeness (QED) is 0.777. The van der Waals surface area contributed by atoms with Crippen molar-refractivity contribution in [2.45, 2.75) is 77.7 Å². The van der Waals surface area contributed by atoms with Crippen LogP contribution in [0.1, 0.15) is 72.0 Å². The number of rotatable bonds is 4. The number of nitrogens with one attached hydrogen (secondary N) is 1. The second-order valence-corrected chi connectivity index (χ2v) is 7.59. The zero-order chi connectivity index (χ0) is 15.5. The summed E-state index contributed by atoms with van der Waals surface area (Å²) in [5.74, 6) is 2.43. The van der Waals surface area contributed by atoms with Gasteiger partial charge in [-0.2, -0.15) is 0 Å². The molecular weight excluding hydrogens is 282 g/mol. The molecule has 0 radical (unpaired) electrons. The maximum Gasteiger partial charge on any atom is 0.137 e. The molecule has 1 fully saturated rings. The van der Waals surface area contributed by atoms with Gasteiger partial charge in [-0.25, -0.2) is 9.97 Å². The Bertz CT molecular complexity index is 462. The minimum atomic E-state index is -0.0894. The number of nitrogens with zero attached hydrogens (tertiary/aromatic N) is 2. The highest BCUT2D eigenvalue weighted by Crippen LogP contribution is 2.30. The summed E-state index contributed by atoms with van der Waals surface area (Å²) in [4.78, 5) is 9.05. The SMILES string of the molecule is CCC(Nc1cc(Cl)nc(C(C)(C)C)n1)C1CCCCC1. The zero-order valence-corrected chi connectivity index (χ0v) is 14.5. The standard InChI is InChI=1S/C17H28ClN3/c1-5-13(12-9-7-6-8-10-12)19-15-11-14(18)20-16(21-15)17(2,3)4/h11-13H,5-10H2,1-4H3,(H,19,20,21). The van der Waals surface area contributed by atoms with Crippen molar-refractivity contribution in [1.82, 2.24) is 9.97 Å². The number of halogens is 1. The third-order valence-corrected chi connectivity index (χ3v) is 4.55. The topological polar surface area (TPSA) is 37.8 Å². The predicted molar refractivity (Wildman–Crippen MR) is 90.0 cm³/mol. The van der Waals surface area contributed by atoms with Gasteiger partial charge in [0.05, 0.1) is 0 Å². The van der Waals surface area contributed by atoms with E-state index < -0.39 is 0 Å². The molecule has 0 aliphatic heterocycles. The van der Waals surface area contributed by atoms with Gasteiger partial charge in [-0.15, -0.1) is 0 Å². The Morgan fingerprint density at radius 3 is 2.48 bits per heavy atom. The van der Waals surface area contributed by atoms with Crippen LogP contribution in [0.3, 0.4) is 0 Å². The highest BCUT2D eigenvalue weighted by molar-refractivity contribution is 6.29. The molecule has 0 bridgehead atoms. The van der Waals surface area contributed by atoms with E-state index in [0.717, 1.165) is 24.0 Å². The molecule has 1 heterocycles. The molecule has 1 aromatic heterocycles. The Balaban J connectivity index is 2.15. The molecule has 0 aromatic carbocycles. The van der Waals surface area contributed by atoms with Crippen LogP contribution >= 0.6 is 11.6 Å². The van der Waals surface area contributed by atoms with Crippen molar-refractivity contribution >= 4 is 17.4 Å². The molecule has 118 valence electrons. The van der Waals surface area contributed by atoms with Gasteiger partial charge in [-0.1, -0.05) is 58.6 Å². The fourth-order valence-corrected chi connectivity index (χ4v) is 3.29. The van der Waals surface area contributed by atoms with Crippen LogP contribution in [0.4, 0.5) is 5.82 Å². The van der Waals surface area contributed by atoms with Gasteiger partial charge < -0.3 is 5.32 Å². The summed E-state index contributed by atoms with van der Waals surface area (Å²) in [7, 11) is 0. The molecule has 1 aliphatic carbocycles. The van der Waals surface area contributed by atoms with Gasteiger partial charge in [0.15, 0.2) is 0 Å². The van der Waals surface area contributed by atoms with E-state index in [1.165, 1.54) is 32.1 Å². The van der Waals surface area contributed by atoms with Gasteiger partial charge >= 0.3 is 0 Å². The van der Waals surface area contributed by atoms with E-state index in [9.17, 15) is 0 Å². The van der Waals surface area contributed by atoms with E-state index in [-0.39, 0.29) is 5.41 Å². The van der Waals surface area contributed by atoms with Crippen molar-refractivity contribution in [2.75, 3.05) is 5.32 Å². The second kappa shape index (κ2) is 6.95. The van der Waals surface area contributed by atoms with Gasteiger partial charge in [-0.3, -0.25) is 0 Å². The third kappa shape index (κ3) is 4.57. The minimum Gasteiger partial charge on any atom is -0.367 e. The molecular formula is C17H28ClN3. The van der Waals surface area contributed by atoms with Crippen LogP contribution in [0.2, 0.25) is 5.15 Å². The lowest BCUT2D eigenvalue weighted by molar-refractivity contribution is 0.312. The van der Waals surface area contributed by atoms with Crippen LogP contribution in [-0.4, -0.2) is 16.0 Å². The highest BCUT2D eigenvalue weighted by Gasteiger charge is 2.24. The van der Waals surface area contributed by atoms with E-state index in [0.29, 0.717) is 11.2 Å². The molecule has 0 saturated heterocycles. The summed E-state index contributed by atoms with van der Waals surface area (Å²) in [6.45, 7) is 8.59. The Morgan fingerprint density at radius 1 is 1.24 bits per heavy atom. The lowest BCUT2D eigenvalue weighted by Gasteiger charge is -2.31. The first-order chi connectivity index (χ1) is 9.90. The lowest BCUT2D eigenvalue weighted by Crippen LogP contribution is -2.31. The van der Waals surface area contributed by atoms with Crippen molar-refractivity contribution in [2.24, 2.45) is 5.92 Å². The monoisotopic (exact) mass is 309 g/mol. The van der Waals surface area contributed by atoms with Crippen molar-refractivity contribution in [1.29, 1.82) is 0 Å². The Kier molecular flexibility index (Phi) is 5.48. The summed E-state index contributed by atoms with van der Waals surface area (Å²) in [5, 5.41) is 4.14. The molecule has 21 heavy (non-hydrogen) atoms. The molecule has 1 aromatic rings. The summed E-state index contributed by atoms with van der Waals surface area (Å²) < 4.78 is 0. The maximum atomic E-state index is 6.18. The van der Waals surface area contributed by atoms with Crippen molar-refractivity contribution in [3.8, 4) is 0 Å². The smallest absolute Gasteiger partial charge is 0.137 e. The number of hydrogen-bond donors (Lipinski definition) is 1. The molecule has 0 amide bonds. The van der Waals surface area contributed by atoms with Crippen LogP contribution in [0.15, 0.2) is 6.07 Å². The van der Waals surface area contributed by atoms with E-state index >= 15 is 0 Å². The first-order valence-electron chi connectivity index (χ1n) is 8.21. The normalized spacial score (nSPS) is 18.5. The molecule has 0 spiro atoms. The molecule has 3 nitrogen and oxygen atoms in total. The summed E-state index contributed by atoms with van der Waals surface area (Å²) >= 11 is 6.18. The molecule has 1 saturated carbocycles. The number of anilines is 1. The van der Waals surface area contributed by atoms with Crippen LogP contribution in [-0.2, 0) is 5.41 Å². The van der Waals surface area contributed by atoms with Gasteiger partial charge in [0, 0.05) is 17.5 Å². The Morgan fingerprint density at radius 2 is 1.90 bits per heavy atom. The molecule has 1 N–H and O–H groups in total. The van der Waals surface area contributed by atoms with E-state index in [1.807, 2.05) is 6.07 Å². The second-order valence-electron chi connectivity index (χ2n) is 7.21. The summed E-state index contributed by atoms with van der Waals surface area (Å²) in [5.41, 5.74) is -0.0894. The van der Waals surface area contributed by atoms with Crippen molar-refractivity contribution in [3.05, 3.63) is 17.0 Å². The Labute approximate surface area is 133 Å². The van der Waals surface area contributed by atoms with Crippen LogP contribution < -0.4 is 5.32 Å². The number of hydrogen-bond acceptors (Lipinski definition) is 3. The first-order valence-corrected chi connectivity index (χ1v) is 8.59. The molecule has 1 unspecified atom stereocenters. The van der Waals surface area contributed by atoms with Gasteiger partial charge in [0.2, 0.25) is 0 Å². The molecule has 4 heteroatoms. The largest absolute Gasteiger partial charge is 0.367 e. The van der Waals surface area contributed by atoms with Gasteiger partial charge in [0.1, 0.15) is 16.8 Å². The van der Waals surface area contributed by atoms with Gasteiger partial charge in [0.25, 0.3) is 0 Å². The molecule has 1 aliphatic rings. The predicted octanol–water partition coefficient (Wildman–Crippen LogP) is 5.20. The lowest BCUT2D eigenvalue weighted by atomic mass is 9.83. The molecule has 2 rings (SSSR count).